The van der Waals surface area contributed by atoms with Crippen molar-refractivity contribution in [3.8, 4) is 0 Å². The number of nitrogens with one attached hydrogen (secondary N) is 1. The van der Waals surface area contributed by atoms with Gasteiger partial charge in [0.25, 0.3) is 0 Å². The first-order chi connectivity index (χ1) is 16.4. The smallest absolute Gasteiger partial charge is 0.318 e. The Balaban J connectivity index is 4.32. The van der Waals surface area contributed by atoms with Crippen LogP contribution in [0.2, 0.25) is 0 Å². The van der Waals surface area contributed by atoms with Gasteiger partial charge >= 0.3 is 18.0 Å². The molecule has 0 aromatic carbocycles. The third-order valence-electron chi connectivity index (χ3n) is 4.91. The Morgan fingerprint density at radius 3 is 1.74 bits per heavy atom. The molecular formula is C24H47N3O5S2. The Kier molecular flexibility index (Phi) is 22.8. The Hall–Kier alpha value is -1.13. The number of hydrogen-bond acceptors (Lipinski definition) is 8. The van der Waals surface area contributed by atoms with Gasteiger partial charge in [-0.3, -0.25) is 9.59 Å². The van der Waals surface area contributed by atoms with E-state index in [1.54, 1.807) is 26.5 Å². The summed E-state index contributed by atoms with van der Waals surface area (Å²) < 4.78 is 10.6. The van der Waals surface area contributed by atoms with Gasteiger partial charge in [-0.1, -0.05) is 61.1 Å². The monoisotopic (exact) mass is 521 g/mol. The third kappa shape index (κ3) is 21.4. The summed E-state index contributed by atoms with van der Waals surface area (Å²) in [5, 5.41) is 2.94. The van der Waals surface area contributed by atoms with Crippen LogP contribution < -0.4 is 5.32 Å². The lowest BCUT2D eigenvalue weighted by atomic mass is 10.2. The van der Waals surface area contributed by atoms with E-state index in [4.69, 9.17) is 9.47 Å². The highest BCUT2D eigenvalue weighted by Crippen LogP contribution is 2.19. The first kappa shape index (κ1) is 32.9. The maximum absolute atomic E-state index is 12.7. The average Bonchev–Trinajstić information content (AvgIpc) is 2.80. The van der Waals surface area contributed by atoms with E-state index < -0.39 is 0 Å². The first-order valence-electron chi connectivity index (χ1n) is 12.6. The molecule has 0 atom stereocenters. The Bertz CT molecular complexity index is 509. The topological polar surface area (TPSA) is 88.2 Å². The molecule has 0 aromatic heterocycles. The number of carbonyl (C=O) groups excluding carboxylic acids is 3. The Morgan fingerprint density at radius 2 is 1.26 bits per heavy atom. The van der Waals surface area contributed by atoms with Gasteiger partial charge in [-0.25, -0.2) is 4.79 Å². The fraction of sp³-hybridized carbons (Fsp3) is 0.875. The van der Waals surface area contributed by atoms with Crippen LogP contribution in [0, 0.1) is 0 Å². The van der Waals surface area contributed by atoms with Crippen LogP contribution in [-0.4, -0.2) is 86.3 Å². The van der Waals surface area contributed by atoms with E-state index in [1.165, 1.54) is 0 Å². The lowest BCUT2D eigenvalue weighted by Crippen LogP contribution is -2.41. The van der Waals surface area contributed by atoms with Crippen LogP contribution >= 0.6 is 21.6 Å². The molecule has 0 radical (unpaired) electrons. The zero-order valence-corrected chi connectivity index (χ0v) is 23.4. The van der Waals surface area contributed by atoms with E-state index in [0.29, 0.717) is 57.9 Å². The minimum absolute atomic E-state index is 0.149. The molecule has 0 rings (SSSR count). The molecule has 0 aliphatic heterocycles. The summed E-state index contributed by atoms with van der Waals surface area (Å²) in [6, 6.07) is -0.149. The number of ether oxygens (including phenoxy) is 2. The van der Waals surface area contributed by atoms with E-state index in [-0.39, 0.29) is 18.0 Å². The molecule has 10 heteroatoms. The molecule has 0 saturated heterocycles. The Labute approximate surface area is 215 Å². The molecule has 1 N–H and O–H groups in total. The fourth-order valence-corrected chi connectivity index (χ4v) is 4.73. The number of unbranched alkanes of at least 4 members (excludes halogenated alkanes) is 4. The van der Waals surface area contributed by atoms with Gasteiger partial charge in [-0.05, 0) is 39.8 Å². The van der Waals surface area contributed by atoms with E-state index in [1.807, 2.05) is 14.1 Å². The van der Waals surface area contributed by atoms with Crippen molar-refractivity contribution in [1.82, 2.24) is 15.1 Å². The molecule has 0 spiro atoms. The first-order valence-corrected chi connectivity index (χ1v) is 15.1. The molecule has 0 fully saturated rings. The molecule has 0 aliphatic rings. The van der Waals surface area contributed by atoms with Gasteiger partial charge in [0.2, 0.25) is 0 Å². The lowest BCUT2D eigenvalue weighted by molar-refractivity contribution is -0.144. The van der Waals surface area contributed by atoms with Crippen molar-refractivity contribution in [3.63, 3.8) is 0 Å². The van der Waals surface area contributed by atoms with Gasteiger partial charge in [0, 0.05) is 38.2 Å². The predicted molar refractivity (Wildman–Crippen MR) is 143 cm³/mol. The lowest BCUT2D eigenvalue weighted by Gasteiger charge is -2.23. The summed E-state index contributed by atoms with van der Waals surface area (Å²) in [4.78, 5) is 40.0. The second-order valence-corrected chi connectivity index (χ2v) is 11.0. The zero-order chi connectivity index (χ0) is 25.4. The van der Waals surface area contributed by atoms with Gasteiger partial charge in [0.15, 0.2) is 0 Å². The molecule has 0 unspecified atom stereocenters. The summed E-state index contributed by atoms with van der Waals surface area (Å²) in [5.74, 6) is 1.16. The van der Waals surface area contributed by atoms with Crippen molar-refractivity contribution in [2.45, 2.75) is 78.1 Å². The van der Waals surface area contributed by atoms with Gasteiger partial charge in [-0.15, -0.1) is 0 Å². The van der Waals surface area contributed by atoms with Crippen LogP contribution in [0.3, 0.4) is 0 Å². The van der Waals surface area contributed by atoms with Crippen LogP contribution in [0.1, 0.15) is 78.1 Å². The maximum Gasteiger partial charge on any atom is 0.318 e. The minimum atomic E-state index is -0.175. The van der Waals surface area contributed by atoms with E-state index in [9.17, 15) is 14.4 Å². The largest absolute Gasteiger partial charge is 0.466 e. The van der Waals surface area contributed by atoms with Crippen LogP contribution in [0.25, 0.3) is 0 Å². The average molecular weight is 522 g/mol. The molecule has 8 nitrogen and oxygen atoms in total. The number of carbonyl (C=O) groups is 3. The number of hydrogen-bond donors (Lipinski definition) is 1. The van der Waals surface area contributed by atoms with Gasteiger partial charge in [-0.2, -0.15) is 0 Å². The minimum Gasteiger partial charge on any atom is -0.466 e. The second kappa shape index (κ2) is 23.6. The third-order valence-corrected chi connectivity index (χ3v) is 7.05. The van der Waals surface area contributed by atoms with Gasteiger partial charge < -0.3 is 24.6 Å². The van der Waals surface area contributed by atoms with Crippen molar-refractivity contribution < 1.29 is 23.9 Å². The number of urea groups is 1. The van der Waals surface area contributed by atoms with Crippen LogP contribution in [0.15, 0.2) is 0 Å². The van der Waals surface area contributed by atoms with E-state index in [2.05, 4.69) is 24.1 Å². The maximum atomic E-state index is 12.7. The quantitative estimate of drug-likeness (QED) is 0.0929. The van der Waals surface area contributed by atoms with E-state index >= 15 is 0 Å². The molecule has 0 heterocycles. The normalized spacial score (nSPS) is 10.9. The molecule has 0 aromatic rings. The van der Waals surface area contributed by atoms with Gasteiger partial charge in [0.1, 0.15) is 0 Å². The highest BCUT2D eigenvalue weighted by Gasteiger charge is 2.14. The summed E-state index contributed by atoms with van der Waals surface area (Å²) in [6.45, 7) is 6.76. The summed E-state index contributed by atoms with van der Waals surface area (Å²) in [7, 11) is 7.42. The highest BCUT2D eigenvalue weighted by atomic mass is 33.1. The SMILES string of the molecule is CCCCCC(=O)OCCCN(CCCOC(=O)CCCCC)C(=O)NCSSCCN(C)C. The number of amides is 2. The van der Waals surface area contributed by atoms with Crippen LogP contribution in [0.5, 0.6) is 0 Å². The van der Waals surface area contributed by atoms with Crippen molar-refractivity contribution in [2.75, 3.05) is 58.6 Å². The van der Waals surface area contributed by atoms with Crippen molar-refractivity contribution in [2.24, 2.45) is 0 Å². The number of esters is 2. The molecule has 34 heavy (non-hydrogen) atoms. The predicted octanol–water partition coefficient (Wildman–Crippen LogP) is 4.93. The standard InChI is InChI=1S/C24H47N3O5S2/c1-5-7-9-13-22(28)31-18-11-15-27(16-12-19-32-23(29)14-10-8-6-2)24(30)25-21-34-33-20-17-26(3)4/h5-21H2,1-4H3,(H,25,30). The number of rotatable bonds is 22. The van der Waals surface area contributed by atoms with Crippen molar-refractivity contribution in [1.29, 1.82) is 0 Å². The van der Waals surface area contributed by atoms with E-state index in [0.717, 1.165) is 50.8 Å². The zero-order valence-electron chi connectivity index (χ0n) is 21.8. The summed E-state index contributed by atoms with van der Waals surface area (Å²) >= 11 is 0. The second-order valence-electron chi connectivity index (χ2n) is 8.42. The highest BCUT2D eigenvalue weighted by molar-refractivity contribution is 8.76. The summed E-state index contributed by atoms with van der Waals surface area (Å²) in [5.41, 5.74) is 0. The fourth-order valence-electron chi connectivity index (χ4n) is 2.90. The van der Waals surface area contributed by atoms with Crippen LogP contribution in [-0.2, 0) is 19.1 Å². The van der Waals surface area contributed by atoms with Crippen molar-refractivity contribution >= 4 is 39.6 Å². The van der Waals surface area contributed by atoms with Crippen molar-refractivity contribution in [3.05, 3.63) is 0 Å². The summed E-state index contributed by atoms with van der Waals surface area (Å²) in [6.07, 6.45) is 7.94. The molecule has 0 saturated carbocycles. The number of nitrogens with zero attached hydrogens (tertiary/aromatic N) is 2. The molecular weight excluding hydrogens is 474 g/mol. The molecule has 0 bridgehead atoms. The molecule has 0 aliphatic carbocycles. The van der Waals surface area contributed by atoms with Crippen LogP contribution in [0.4, 0.5) is 4.79 Å². The molecule has 200 valence electrons. The Morgan fingerprint density at radius 1 is 0.735 bits per heavy atom. The van der Waals surface area contributed by atoms with Gasteiger partial charge in [0.05, 0.1) is 19.1 Å². The molecule has 2 amide bonds.